The second-order valence-electron chi connectivity index (χ2n) is 4.88. The van der Waals surface area contributed by atoms with Crippen molar-refractivity contribution in [3.63, 3.8) is 0 Å². The van der Waals surface area contributed by atoms with E-state index < -0.39 is 28.6 Å². The third-order valence-corrected chi connectivity index (χ3v) is 4.14. The van der Waals surface area contributed by atoms with E-state index in [1.807, 2.05) is 9.97 Å². The summed E-state index contributed by atoms with van der Waals surface area (Å²) in [5.41, 5.74) is 2.70. The summed E-state index contributed by atoms with van der Waals surface area (Å²) in [6, 6.07) is 2.34. The van der Waals surface area contributed by atoms with Gasteiger partial charge in [-0.3, -0.25) is 14.3 Å². The summed E-state index contributed by atoms with van der Waals surface area (Å²) in [4.78, 5) is 49.9. The highest BCUT2D eigenvalue weighted by Crippen LogP contribution is 2.30. The highest BCUT2D eigenvalue weighted by atomic mass is 32.2. The van der Waals surface area contributed by atoms with E-state index in [1.54, 1.807) is 12.3 Å². The van der Waals surface area contributed by atoms with Crippen LogP contribution >= 0.6 is 11.8 Å². The average Bonchev–Trinajstić information content (AvgIpc) is 3.03. The fourth-order valence-corrected chi connectivity index (χ4v) is 2.84. The maximum Gasteiger partial charge on any atom is 0.352 e. The zero-order valence-electron chi connectivity index (χ0n) is 13.1. The number of hydrogen-bond acceptors (Lipinski definition) is 9. The van der Waals surface area contributed by atoms with E-state index in [4.69, 9.17) is 20.7 Å². The number of aliphatic hydroxyl groups excluding tert-OH is 1. The Hall–Kier alpha value is -2.90. The Morgan fingerprint density at radius 3 is 2.69 bits per heavy atom. The number of carboxylic acids is 1. The first kappa shape index (κ1) is 19.4. The van der Waals surface area contributed by atoms with Gasteiger partial charge in [0.15, 0.2) is 0 Å². The van der Waals surface area contributed by atoms with Gasteiger partial charge in [-0.05, 0) is 6.07 Å². The van der Waals surface area contributed by atoms with Crippen LogP contribution in [0.15, 0.2) is 32.7 Å². The van der Waals surface area contributed by atoms with E-state index >= 15 is 0 Å². The molecule has 2 aromatic rings. The van der Waals surface area contributed by atoms with Crippen LogP contribution in [-0.2, 0) is 4.74 Å². The van der Waals surface area contributed by atoms with Crippen LogP contribution in [0.2, 0.25) is 0 Å². The first-order chi connectivity index (χ1) is 12.3. The molecule has 6 N–H and O–H groups in total. The number of rotatable bonds is 3. The van der Waals surface area contributed by atoms with Gasteiger partial charge in [-0.2, -0.15) is 4.98 Å². The molecule has 1 fully saturated rings. The SMILES string of the molecule is Nc1ccn([C@@H]2CS[C@H](CO)O2)c(=O)n1.O=C(O)c1cc(=O)[nH]c(=O)[nH]1. The van der Waals surface area contributed by atoms with Crippen molar-refractivity contribution in [2.75, 3.05) is 18.1 Å². The van der Waals surface area contributed by atoms with Crippen molar-refractivity contribution in [1.82, 2.24) is 19.5 Å². The zero-order valence-corrected chi connectivity index (χ0v) is 13.9. The molecule has 0 unspecified atom stereocenters. The number of ether oxygens (including phenoxy) is 1. The van der Waals surface area contributed by atoms with Gasteiger partial charge >= 0.3 is 17.3 Å². The zero-order chi connectivity index (χ0) is 19.3. The number of carboxylic acid groups (broad SMARTS) is 1. The number of aromatic amines is 2. The molecule has 2 atom stereocenters. The molecule has 1 aliphatic heterocycles. The lowest BCUT2D eigenvalue weighted by atomic mass is 10.4. The van der Waals surface area contributed by atoms with E-state index in [-0.39, 0.29) is 24.1 Å². The fourth-order valence-electron chi connectivity index (χ4n) is 1.91. The van der Waals surface area contributed by atoms with Crippen LogP contribution < -0.4 is 22.7 Å². The van der Waals surface area contributed by atoms with Gasteiger partial charge < -0.3 is 25.7 Å². The van der Waals surface area contributed by atoms with Crippen molar-refractivity contribution < 1.29 is 19.7 Å². The lowest BCUT2D eigenvalue weighted by molar-refractivity contribution is -0.00629. The Morgan fingerprint density at radius 2 is 2.15 bits per heavy atom. The molecule has 0 saturated carbocycles. The van der Waals surface area contributed by atoms with E-state index in [0.717, 1.165) is 6.07 Å². The number of H-pyrrole nitrogens is 2. The number of aromatic nitrogens is 4. The molecular weight excluding hydrogens is 370 g/mol. The fraction of sp³-hybridized carbons (Fsp3) is 0.308. The minimum atomic E-state index is -1.34. The summed E-state index contributed by atoms with van der Waals surface area (Å²) in [5.74, 6) is -0.523. The van der Waals surface area contributed by atoms with Gasteiger partial charge in [0.1, 0.15) is 23.2 Å². The van der Waals surface area contributed by atoms with Gasteiger partial charge in [0, 0.05) is 18.0 Å². The van der Waals surface area contributed by atoms with E-state index in [1.165, 1.54) is 16.3 Å². The molecule has 1 saturated heterocycles. The summed E-state index contributed by atoms with van der Waals surface area (Å²) < 4.78 is 6.79. The van der Waals surface area contributed by atoms with Crippen LogP contribution in [0.5, 0.6) is 0 Å². The number of anilines is 1. The highest BCUT2D eigenvalue weighted by molar-refractivity contribution is 8.00. The maximum absolute atomic E-state index is 11.4. The minimum Gasteiger partial charge on any atom is -0.477 e. The monoisotopic (exact) mass is 385 g/mol. The quantitative estimate of drug-likeness (QED) is 0.401. The maximum atomic E-state index is 11.4. The van der Waals surface area contributed by atoms with Crippen LogP contribution in [-0.4, -0.2) is 53.5 Å². The molecule has 12 nitrogen and oxygen atoms in total. The van der Waals surface area contributed by atoms with Gasteiger partial charge in [0.25, 0.3) is 5.56 Å². The summed E-state index contributed by atoms with van der Waals surface area (Å²) in [5, 5.41) is 17.2. The Balaban J connectivity index is 0.000000197. The number of aromatic carboxylic acids is 1. The van der Waals surface area contributed by atoms with Gasteiger partial charge in [-0.25, -0.2) is 14.4 Å². The van der Waals surface area contributed by atoms with Crippen molar-refractivity contribution >= 4 is 23.5 Å². The molecule has 0 bridgehead atoms. The number of nitrogens with zero attached hydrogens (tertiary/aromatic N) is 2. The third kappa shape index (κ3) is 5.05. The van der Waals surface area contributed by atoms with E-state index in [0.29, 0.717) is 5.75 Å². The molecule has 3 heterocycles. The smallest absolute Gasteiger partial charge is 0.352 e. The molecule has 13 heteroatoms. The molecule has 26 heavy (non-hydrogen) atoms. The van der Waals surface area contributed by atoms with Crippen molar-refractivity contribution in [3.05, 3.63) is 55.3 Å². The second kappa shape index (κ2) is 8.46. The topological polar surface area (TPSA) is 193 Å². The Bertz CT molecular complexity index is 924. The molecule has 2 aromatic heterocycles. The molecule has 3 rings (SSSR count). The molecule has 0 aliphatic carbocycles. The summed E-state index contributed by atoms with van der Waals surface area (Å²) >= 11 is 1.47. The van der Waals surface area contributed by atoms with Crippen LogP contribution in [0.3, 0.4) is 0 Å². The number of nitrogens with one attached hydrogen (secondary N) is 2. The number of aliphatic hydroxyl groups is 1. The lowest BCUT2D eigenvalue weighted by Crippen LogP contribution is -2.28. The van der Waals surface area contributed by atoms with Crippen LogP contribution in [0, 0.1) is 0 Å². The molecule has 0 aromatic carbocycles. The van der Waals surface area contributed by atoms with Gasteiger partial charge in [-0.15, -0.1) is 11.8 Å². The summed E-state index contributed by atoms with van der Waals surface area (Å²) in [6.45, 7) is -0.0572. The van der Waals surface area contributed by atoms with Crippen molar-refractivity contribution in [1.29, 1.82) is 0 Å². The van der Waals surface area contributed by atoms with Crippen LogP contribution in [0.1, 0.15) is 16.7 Å². The van der Waals surface area contributed by atoms with Crippen molar-refractivity contribution in [3.8, 4) is 0 Å². The molecule has 140 valence electrons. The first-order valence-electron chi connectivity index (χ1n) is 7.09. The predicted octanol–water partition coefficient (Wildman–Crippen LogP) is -1.83. The third-order valence-electron chi connectivity index (χ3n) is 3.04. The molecule has 1 aliphatic rings. The normalized spacial score (nSPS) is 18.8. The first-order valence-corrected chi connectivity index (χ1v) is 8.14. The molecule has 0 spiro atoms. The number of nitrogen functional groups attached to an aromatic ring is 1. The summed E-state index contributed by atoms with van der Waals surface area (Å²) in [6.07, 6.45) is 1.18. The van der Waals surface area contributed by atoms with Crippen LogP contribution in [0.25, 0.3) is 0 Å². The second-order valence-corrected chi connectivity index (χ2v) is 6.08. The van der Waals surface area contributed by atoms with E-state index in [9.17, 15) is 19.2 Å². The lowest BCUT2D eigenvalue weighted by Gasteiger charge is -2.13. The van der Waals surface area contributed by atoms with Crippen molar-refractivity contribution in [2.45, 2.75) is 11.7 Å². The Kier molecular flexibility index (Phi) is 6.32. The van der Waals surface area contributed by atoms with Crippen LogP contribution in [0.4, 0.5) is 5.82 Å². The standard InChI is InChI=1S/C8H11N3O3S.C5H4N2O4/c9-5-1-2-11(8(13)10-5)6-4-15-7(3-12)14-6;8-3-1-2(4(9)10)6-5(11)7-3/h1-2,6-7,12H,3-4H2,(H2,9,10,13);1H,(H,9,10)(H2,6,7,8,11)/t6-,7+;/m0./s1. The molecule has 0 radical (unpaired) electrons. The molecule has 0 amide bonds. The van der Waals surface area contributed by atoms with Crippen molar-refractivity contribution in [2.24, 2.45) is 0 Å². The largest absolute Gasteiger partial charge is 0.477 e. The average molecular weight is 385 g/mol. The highest BCUT2D eigenvalue weighted by Gasteiger charge is 2.27. The Labute approximate surface area is 148 Å². The summed E-state index contributed by atoms with van der Waals surface area (Å²) in [7, 11) is 0. The van der Waals surface area contributed by atoms with E-state index in [2.05, 4.69) is 4.98 Å². The molecular formula is C13H15N5O7S. The van der Waals surface area contributed by atoms with Gasteiger partial charge in [-0.1, -0.05) is 0 Å². The predicted molar refractivity (Wildman–Crippen MR) is 91.0 cm³/mol. The number of thioether (sulfide) groups is 1. The number of nitrogens with two attached hydrogens (primary N) is 1. The Morgan fingerprint density at radius 1 is 1.42 bits per heavy atom. The van der Waals surface area contributed by atoms with Gasteiger partial charge in [0.2, 0.25) is 0 Å². The number of carbonyl (C=O) groups is 1. The number of hydrogen-bond donors (Lipinski definition) is 5. The van der Waals surface area contributed by atoms with Gasteiger partial charge in [0.05, 0.1) is 6.61 Å². The minimum absolute atomic E-state index is 0.0572.